The van der Waals surface area contributed by atoms with E-state index in [9.17, 15) is 9.59 Å². The lowest BCUT2D eigenvalue weighted by molar-refractivity contribution is 0.0774. The number of hydrogen-bond donors (Lipinski definition) is 0. The number of nitrogens with zero attached hydrogens (tertiary/aromatic N) is 2. The maximum atomic E-state index is 12.8. The van der Waals surface area contributed by atoms with E-state index in [-0.39, 0.29) is 17.7 Å². The van der Waals surface area contributed by atoms with Crippen LogP contribution in [-0.4, -0.2) is 27.2 Å². The number of fused-ring (bicyclic) bond motifs is 4. The molecule has 2 aliphatic rings. The minimum absolute atomic E-state index is 0.0128. The molecule has 0 fully saturated rings. The van der Waals surface area contributed by atoms with Crippen molar-refractivity contribution in [2.24, 2.45) is 7.05 Å². The van der Waals surface area contributed by atoms with Crippen molar-refractivity contribution in [1.29, 1.82) is 0 Å². The molecule has 0 aliphatic carbocycles. The molecule has 0 bridgehead atoms. The van der Waals surface area contributed by atoms with Gasteiger partial charge in [0.1, 0.15) is 5.69 Å². The minimum Gasteiger partial charge on any atom is -0.339 e. The van der Waals surface area contributed by atoms with E-state index >= 15 is 0 Å². The molecular weight excluding hydrogens is 252 g/mol. The summed E-state index contributed by atoms with van der Waals surface area (Å²) in [7, 11) is 1.85. The lowest BCUT2D eigenvalue weighted by Crippen LogP contribution is -2.32. The van der Waals surface area contributed by atoms with Crippen LogP contribution < -0.4 is 0 Å². The number of rotatable bonds is 0. The van der Waals surface area contributed by atoms with E-state index < -0.39 is 0 Å². The first-order chi connectivity index (χ1) is 9.68. The quantitative estimate of drug-likeness (QED) is 0.735. The van der Waals surface area contributed by atoms with E-state index in [1.54, 1.807) is 4.90 Å². The van der Waals surface area contributed by atoms with Gasteiger partial charge in [-0.1, -0.05) is 24.3 Å². The van der Waals surface area contributed by atoms with E-state index in [0.717, 1.165) is 17.3 Å². The molecule has 0 saturated carbocycles. The molecule has 2 aromatic rings. The van der Waals surface area contributed by atoms with Crippen molar-refractivity contribution in [2.75, 3.05) is 0 Å². The van der Waals surface area contributed by atoms with Crippen molar-refractivity contribution in [3.8, 4) is 0 Å². The molecule has 0 saturated heterocycles. The van der Waals surface area contributed by atoms with Crippen LogP contribution in [0.1, 0.15) is 33.7 Å². The van der Waals surface area contributed by atoms with Gasteiger partial charge in [0.2, 0.25) is 0 Å². The van der Waals surface area contributed by atoms with Crippen molar-refractivity contribution in [1.82, 2.24) is 9.47 Å². The predicted molar refractivity (Wildman–Crippen MR) is 75.6 cm³/mol. The summed E-state index contributed by atoms with van der Waals surface area (Å²) in [5, 5.41) is 0.883. The Bertz CT molecular complexity index is 785. The number of ketones is 1. The van der Waals surface area contributed by atoms with Gasteiger partial charge in [-0.15, -0.1) is 0 Å². The van der Waals surface area contributed by atoms with E-state index in [2.05, 4.69) is 0 Å². The van der Waals surface area contributed by atoms with Crippen LogP contribution in [0.3, 0.4) is 0 Å². The van der Waals surface area contributed by atoms with Gasteiger partial charge in [-0.2, -0.15) is 0 Å². The van der Waals surface area contributed by atoms with Crippen LogP contribution in [-0.2, 0) is 7.05 Å². The molecule has 1 atom stereocenters. The molecule has 4 heteroatoms. The molecule has 4 rings (SSSR count). The third-order valence-electron chi connectivity index (χ3n) is 4.31. The lowest BCUT2D eigenvalue weighted by atomic mass is 10.0. The summed E-state index contributed by atoms with van der Waals surface area (Å²) in [4.78, 5) is 27.1. The fraction of sp³-hybridized carbons (Fsp3) is 0.250. The zero-order valence-electron chi connectivity index (χ0n) is 11.2. The van der Waals surface area contributed by atoms with Crippen LogP contribution >= 0.6 is 0 Å². The van der Waals surface area contributed by atoms with Gasteiger partial charge in [-0.25, -0.2) is 0 Å². The Morgan fingerprint density at radius 1 is 1.20 bits per heavy atom. The number of hydrogen-bond acceptors (Lipinski definition) is 2. The summed E-state index contributed by atoms with van der Waals surface area (Å²) < 4.78 is 1.85. The highest BCUT2D eigenvalue weighted by atomic mass is 16.2. The van der Waals surface area contributed by atoms with E-state index in [0.29, 0.717) is 17.7 Å². The highest BCUT2D eigenvalue weighted by Gasteiger charge is 2.37. The molecule has 1 aromatic carbocycles. The summed E-state index contributed by atoms with van der Waals surface area (Å²) in [6.45, 7) is 0. The largest absolute Gasteiger partial charge is 0.339 e. The third kappa shape index (κ3) is 1.31. The summed E-state index contributed by atoms with van der Waals surface area (Å²) >= 11 is 0. The molecule has 3 heterocycles. The molecular formula is C16H14N2O2. The highest BCUT2D eigenvalue weighted by Crippen LogP contribution is 2.33. The second-order valence-corrected chi connectivity index (χ2v) is 5.41. The van der Waals surface area contributed by atoms with Crippen LogP contribution in [0, 0.1) is 0 Å². The standard InChI is InChI=1S/C16H14N2O2/c1-17-12-7-3-2-6-11(12)14-13(19)9-10-5-4-8-18(10)16(20)15(14)17/h2-4,6-8,10H,5,9H2,1H3. The topological polar surface area (TPSA) is 42.3 Å². The molecule has 1 unspecified atom stereocenters. The summed E-state index contributed by atoms with van der Waals surface area (Å²) in [6, 6.07) is 7.69. The van der Waals surface area contributed by atoms with Crippen LogP contribution in [0.25, 0.3) is 10.9 Å². The smallest absolute Gasteiger partial charge is 0.275 e. The average molecular weight is 266 g/mol. The third-order valence-corrected chi connectivity index (χ3v) is 4.31. The van der Waals surface area contributed by atoms with Gasteiger partial charge in [0, 0.05) is 36.6 Å². The first-order valence-corrected chi connectivity index (χ1v) is 6.78. The Hall–Kier alpha value is -2.36. The second kappa shape index (κ2) is 3.82. The lowest BCUT2D eigenvalue weighted by Gasteiger charge is -2.20. The SMILES string of the molecule is Cn1c2c(c3ccccc31)C(=O)CC1CC=CN1C2=O. The van der Waals surface area contributed by atoms with Gasteiger partial charge >= 0.3 is 0 Å². The van der Waals surface area contributed by atoms with Gasteiger partial charge in [0.25, 0.3) is 5.91 Å². The maximum Gasteiger partial charge on any atom is 0.275 e. The molecule has 4 nitrogen and oxygen atoms in total. The van der Waals surface area contributed by atoms with Gasteiger partial charge < -0.3 is 9.47 Å². The number of aryl methyl sites for hydroxylation is 1. The molecule has 0 N–H and O–H groups in total. The molecule has 100 valence electrons. The van der Waals surface area contributed by atoms with Crippen LogP contribution in [0.15, 0.2) is 36.5 Å². The van der Waals surface area contributed by atoms with Crippen molar-refractivity contribution in [3.63, 3.8) is 0 Å². The van der Waals surface area contributed by atoms with Crippen molar-refractivity contribution >= 4 is 22.6 Å². The molecule has 20 heavy (non-hydrogen) atoms. The van der Waals surface area contributed by atoms with E-state index in [1.807, 2.05) is 48.2 Å². The van der Waals surface area contributed by atoms with Gasteiger partial charge in [0.15, 0.2) is 5.78 Å². The predicted octanol–water partition coefficient (Wildman–Crippen LogP) is 2.49. The summed E-state index contributed by atoms with van der Waals surface area (Å²) in [5.41, 5.74) is 2.04. The van der Waals surface area contributed by atoms with Crippen LogP contribution in [0.4, 0.5) is 0 Å². The Balaban J connectivity index is 2.06. The van der Waals surface area contributed by atoms with Gasteiger partial charge in [0.05, 0.1) is 5.56 Å². The molecule has 1 amide bonds. The number of aromatic nitrogens is 1. The first-order valence-electron chi connectivity index (χ1n) is 6.78. The maximum absolute atomic E-state index is 12.8. The number of amides is 1. The van der Waals surface area contributed by atoms with Crippen LogP contribution in [0.5, 0.6) is 0 Å². The van der Waals surface area contributed by atoms with Crippen LogP contribution in [0.2, 0.25) is 0 Å². The fourth-order valence-electron chi connectivity index (χ4n) is 3.35. The van der Waals surface area contributed by atoms with Crippen molar-refractivity contribution in [2.45, 2.75) is 18.9 Å². The van der Waals surface area contributed by atoms with Crippen molar-refractivity contribution < 1.29 is 9.59 Å². The Kier molecular flexibility index (Phi) is 2.19. The van der Waals surface area contributed by atoms with E-state index in [4.69, 9.17) is 0 Å². The van der Waals surface area contributed by atoms with Gasteiger partial charge in [-0.05, 0) is 12.5 Å². The molecule has 0 radical (unpaired) electrons. The Morgan fingerprint density at radius 3 is 2.85 bits per heavy atom. The fourth-order valence-corrected chi connectivity index (χ4v) is 3.35. The molecule has 1 aromatic heterocycles. The molecule has 2 aliphatic heterocycles. The zero-order valence-corrected chi connectivity index (χ0v) is 11.2. The average Bonchev–Trinajstić information content (AvgIpc) is 2.99. The number of carbonyl (C=O) groups is 2. The second-order valence-electron chi connectivity index (χ2n) is 5.41. The van der Waals surface area contributed by atoms with Gasteiger partial charge in [-0.3, -0.25) is 9.59 Å². The van der Waals surface area contributed by atoms with E-state index in [1.165, 1.54) is 0 Å². The normalized spacial score (nSPS) is 21.2. The number of benzene rings is 1. The summed E-state index contributed by atoms with van der Waals surface area (Å²) in [6.07, 6.45) is 4.94. The zero-order chi connectivity index (χ0) is 13.9. The number of para-hydroxylation sites is 1. The van der Waals surface area contributed by atoms with Crippen molar-refractivity contribution in [3.05, 3.63) is 47.8 Å². The monoisotopic (exact) mass is 266 g/mol. The highest BCUT2D eigenvalue weighted by molar-refractivity contribution is 6.18. The Labute approximate surface area is 116 Å². The number of Topliss-reactive ketones (excluding diaryl/α,β-unsaturated/α-hetero) is 1. The minimum atomic E-state index is -0.0664. The Morgan fingerprint density at radius 2 is 2.00 bits per heavy atom. The first kappa shape index (κ1) is 11.5. The molecule has 0 spiro atoms. The number of carbonyl (C=O) groups excluding carboxylic acids is 2. The summed E-state index contributed by atoms with van der Waals surface area (Å²) in [5.74, 6) is 0.00431.